The third kappa shape index (κ3) is 7.53. The fourth-order valence-electron chi connectivity index (χ4n) is 3.29. The molecule has 0 aromatic heterocycles. The Bertz CT molecular complexity index is 994. The van der Waals surface area contributed by atoms with E-state index in [1.165, 1.54) is 7.11 Å². The second kappa shape index (κ2) is 13.1. The highest BCUT2D eigenvalue weighted by Crippen LogP contribution is 2.24. The van der Waals surface area contributed by atoms with Gasteiger partial charge in [0, 0.05) is 13.0 Å². The van der Waals surface area contributed by atoms with Crippen molar-refractivity contribution in [3.63, 3.8) is 0 Å². The number of amides is 1. The van der Waals surface area contributed by atoms with Crippen molar-refractivity contribution in [1.29, 1.82) is 0 Å². The molecule has 2 aromatic carbocycles. The van der Waals surface area contributed by atoms with Crippen molar-refractivity contribution in [1.82, 2.24) is 10.6 Å². The fourth-order valence-corrected chi connectivity index (χ4v) is 3.86. The van der Waals surface area contributed by atoms with Crippen molar-refractivity contribution >= 4 is 41.1 Å². The van der Waals surface area contributed by atoms with Crippen molar-refractivity contribution in [3.8, 4) is 5.75 Å². The first kappa shape index (κ1) is 25.6. The van der Waals surface area contributed by atoms with Gasteiger partial charge in [0.05, 0.1) is 35.9 Å². The van der Waals surface area contributed by atoms with Crippen LogP contribution in [0.1, 0.15) is 28.8 Å². The van der Waals surface area contributed by atoms with Crippen molar-refractivity contribution in [2.75, 3.05) is 33.4 Å². The number of unbranched alkanes of at least 4 members (excludes halogenated alkanes) is 1. The van der Waals surface area contributed by atoms with E-state index in [0.717, 1.165) is 30.7 Å². The number of ether oxygens (including phenoxy) is 3. The zero-order valence-electron chi connectivity index (χ0n) is 18.8. The normalized spacial score (nSPS) is 13.4. The molecule has 3 rings (SSSR count). The van der Waals surface area contributed by atoms with Crippen LogP contribution in [0.4, 0.5) is 0 Å². The zero-order chi connectivity index (χ0) is 24.3. The number of hydrogen-bond donors (Lipinski definition) is 2. The molecule has 1 amide bonds. The molecule has 0 unspecified atom stereocenters. The minimum Gasteiger partial charge on any atom is -0.494 e. The van der Waals surface area contributed by atoms with Gasteiger partial charge in [-0.1, -0.05) is 41.4 Å². The number of nitrogens with zero attached hydrogens (tertiary/aromatic N) is 1. The van der Waals surface area contributed by atoms with Crippen molar-refractivity contribution in [3.05, 3.63) is 63.6 Å². The smallest absolute Gasteiger partial charge is 0.328 e. The number of carbonyl (C=O) groups excluding carboxylic acids is 2. The molecule has 0 bridgehead atoms. The third-order valence-electron chi connectivity index (χ3n) is 5.05. The molecule has 0 spiro atoms. The Hall–Kier alpha value is -2.97. The molecule has 0 radical (unpaired) electrons. The average molecular weight is 508 g/mol. The molecule has 182 valence electrons. The SMILES string of the molecule is COC(=O)[C@H](Cc1ccc(OCCCCNC2=NCCO2)cc1)NC(=O)c1c(Cl)cccc1Cl. The topological polar surface area (TPSA) is 98.2 Å². The van der Waals surface area contributed by atoms with Crippen molar-refractivity contribution in [2.45, 2.75) is 25.3 Å². The van der Waals surface area contributed by atoms with Crippen LogP contribution in [0.15, 0.2) is 47.5 Å². The van der Waals surface area contributed by atoms with E-state index in [1.807, 2.05) is 24.3 Å². The maximum absolute atomic E-state index is 12.7. The van der Waals surface area contributed by atoms with Crippen LogP contribution in [0.5, 0.6) is 5.75 Å². The van der Waals surface area contributed by atoms with Crippen LogP contribution in [0.2, 0.25) is 10.0 Å². The van der Waals surface area contributed by atoms with E-state index in [4.69, 9.17) is 37.4 Å². The summed E-state index contributed by atoms with van der Waals surface area (Å²) >= 11 is 12.2. The molecule has 0 aliphatic carbocycles. The summed E-state index contributed by atoms with van der Waals surface area (Å²) in [7, 11) is 1.27. The minimum absolute atomic E-state index is 0.113. The molecule has 1 aliphatic rings. The van der Waals surface area contributed by atoms with Gasteiger partial charge in [-0.25, -0.2) is 9.79 Å². The van der Waals surface area contributed by atoms with Gasteiger partial charge in [0.2, 0.25) is 0 Å². The molecular weight excluding hydrogens is 481 g/mol. The first-order valence-corrected chi connectivity index (χ1v) is 11.7. The molecule has 2 aromatic rings. The highest BCUT2D eigenvalue weighted by Gasteiger charge is 2.25. The van der Waals surface area contributed by atoms with E-state index >= 15 is 0 Å². The molecule has 1 heterocycles. The lowest BCUT2D eigenvalue weighted by atomic mass is 10.0. The van der Waals surface area contributed by atoms with Crippen LogP contribution >= 0.6 is 23.2 Å². The van der Waals surface area contributed by atoms with Crippen LogP contribution in [0.25, 0.3) is 0 Å². The van der Waals surface area contributed by atoms with Gasteiger partial charge in [-0.15, -0.1) is 0 Å². The molecule has 34 heavy (non-hydrogen) atoms. The number of amidine groups is 1. The number of hydrogen-bond acceptors (Lipinski definition) is 7. The van der Waals surface area contributed by atoms with Gasteiger partial charge in [0.15, 0.2) is 0 Å². The Morgan fingerprint density at radius 1 is 1.12 bits per heavy atom. The van der Waals surface area contributed by atoms with Gasteiger partial charge in [-0.2, -0.15) is 0 Å². The lowest BCUT2D eigenvalue weighted by Gasteiger charge is -2.18. The lowest BCUT2D eigenvalue weighted by molar-refractivity contribution is -0.142. The van der Waals surface area contributed by atoms with E-state index in [1.54, 1.807) is 18.2 Å². The molecule has 10 heteroatoms. The Morgan fingerprint density at radius 3 is 2.50 bits per heavy atom. The van der Waals surface area contributed by atoms with Crippen molar-refractivity contribution < 1.29 is 23.8 Å². The highest BCUT2D eigenvalue weighted by atomic mass is 35.5. The van der Waals surface area contributed by atoms with E-state index in [2.05, 4.69) is 15.6 Å². The molecular formula is C24H27Cl2N3O5. The highest BCUT2D eigenvalue weighted by molar-refractivity contribution is 6.39. The van der Waals surface area contributed by atoms with Gasteiger partial charge in [0.1, 0.15) is 18.4 Å². The van der Waals surface area contributed by atoms with E-state index < -0.39 is 17.9 Å². The molecule has 2 N–H and O–H groups in total. The summed E-state index contributed by atoms with van der Waals surface area (Å²) in [6.45, 7) is 2.71. The number of benzene rings is 2. The minimum atomic E-state index is -0.905. The number of aliphatic imine (C=N–C) groups is 1. The maximum atomic E-state index is 12.7. The first-order chi connectivity index (χ1) is 16.5. The number of nitrogens with one attached hydrogen (secondary N) is 2. The summed E-state index contributed by atoms with van der Waals surface area (Å²) in [5, 5.41) is 6.21. The largest absolute Gasteiger partial charge is 0.494 e. The fraction of sp³-hybridized carbons (Fsp3) is 0.375. The summed E-state index contributed by atoms with van der Waals surface area (Å²) in [4.78, 5) is 29.2. The molecule has 0 saturated carbocycles. The zero-order valence-corrected chi connectivity index (χ0v) is 20.3. The summed E-state index contributed by atoms with van der Waals surface area (Å²) < 4.78 is 15.9. The standard InChI is InChI=1S/C24H27Cl2N3O5/c1-32-23(31)20(29-22(30)21-18(25)5-4-6-19(21)26)15-16-7-9-17(10-8-16)33-13-3-2-11-27-24-28-12-14-34-24/h4-10,20H,2-3,11-15H2,1H3,(H,27,28)(H,29,30)/t20-/m0/s1. The molecule has 1 aliphatic heterocycles. The van der Waals surface area contributed by atoms with Gasteiger partial charge in [0.25, 0.3) is 11.9 Å². The molecule has 0 saturated heterocycles. The predicted molar refractivity (Wildman–Crippen MR) is 131 cm³/mol. The van der Waals surface area contributed by atoms with E-state index in [9.17, 15) is 9.59 Å². The van der Waals surface area contributed by atoms with Crippen LogP contribution in [-0.4, -0.2) is 57.4 Å². The number of methoxy groups -OCH3 is 1. The van der Waals surface area contributed by atoms with Crippen LogP contribution in [0, 0.1) is 0 Å². The quantitative estimate of drug-likeness (QED) is 0.355. The molecule has 8 nitrogen and oxygen atoms in total. The maximum Gasteiger partial charge on any atom is 0.328 e. The van der Waals surface area contributed by atoms with Gasteiger partial charge >= 0.3 is 5.97 Å². The second-order valence-corrected chi connectivity index (χ2v) is 8.33. The molecule has 1 atom stereocenters. The number of halogens is 2. The number of rotatable bonds is 11. The van der Waals surface area contributed by atoms with E-state index in [0.29, 0.717) is 25.8 Å². The third-order valence-corrected chi connectivity index (χ3v) is 5.68. The second-order valence-electron chi connectivity index (χ2n) is 7.51. The Morgan fingerprint density at radius 2 is 1.85 bits per heavy atom. The summed E-state index contributed by atoms with van der Waals surface area (Å²) in [5.74, 6) is -0.395. The average Bonchev–Trinajstić information content (AvgIpc) is 3.35. The Balaban J connectivity index is 1.48. The van der Waals surface area contributed by atoms with Crippen LogP contribution in [0.3, 0.4) is 0 Å². The molecule has 0 fully saturated rings. The summed E-state index contributed by atoms with van der Waals surface area (Å²) in [6, 6.07) is 11.8. The summed E-state index contributed by atoms with van der Waals surface area (Å²) in [6.07, 6.45) is 2.04. The first-order valence-electron chi connectivity index (χ1n) is 10.9. The number of esters is 1. The van der Waals surface area contributed by atoms with Gasteiger partial charge in [-0.05, 0) is 42.7 Å². The van der Waals surface area contributed by atoms with Crippen LogP contribution in [-0.2, 0) is 20.7 Å². The Kier molecular flexibility index (Phi) is 9.85. The Labute approximate surface area is 208 Å². The predicted octanol–water partition coefficient (Wildman–Crippen LogP) is 3.64. The van der Waals surface area contributed by atoms with Crippen molar-refractivity contribution in [2.24, 2.45) is 4.99 Å². The van der Waals surface area contributed by atoms with Gasteiger partial charge in [-0.3, -0.25) is 4.79 Å². The van der Waals surface area contributed by atoms with Crippen LogP contribution < -0.4 is 15.4 Å². The number of carbonyl (C=O) groups is 2. The van der Waals surface area contributed by atoms with E-state index in [-0.39, 0.29) is 22.0 Å². The summed E-state index contributed by atoms with van der Waals surface area (Å²) in [5.41, 5.74) is 0.942. The monoisotopic (exact) mass is 507 g/mol. The van der Waals surface area contributed by atoms with Gasteiger partial charge < -0.3 is 24.8 Å². The lowest BCUT2D eigenvalue weighted by Crippen LogP contribution is -2.43.